The van der Waals surface area contributed by atoms with Crippen LogP contribution in [0, 0.1) is 12.9 Å². The lowest BCUT2D eigenvalue weighted by Crippen LogP contribution is -2.25. The van der Waals surface area contributed by atoms with Gasteiger partial charge in [-0.3, -0.25) is 0 Å². The van der Waals surface area contributed by atoms with Crippen LogP contribution >= 0.6 is 0 Å². The van der Waals surface area contributed by atoms with Crippen molar-refractivity contribution in [3.63, 3.8) is 0 Å². The molecule has 0 spiro atoms. The highest BCUT2D eigenvalue weighted by atomic mass is 19.1. The first-order valence-electron chi connectivity index (χ1n) is 6.08. The van der Waals surface area contributed by atoms with Gasteiger partial charge in [-0.05, 0) is 31.4 Å². The number of nitrogens with zero attached hydrogens (tertiary/aromatic N) is 3. The maximum atomic E-state index is 13.2. The van der Waals surface area contributed by atoms with Crippen LogP contribution in [-0.2, 0) is 6.42 Å². The van der Waals surface area contributed by atoms with E-state index in [4.69, 9.17) is 0 Å². The fourth-order valence-corrected chi connectivity index (χ4v) is 2.44. The van der Waals surface area contributed by atoms with E-state index in [1.807, 2.05) is 0 Å². The Bertz CT molecular complexity index is 583. The lowest BCUT2D eigenvalue weighted by atomic mass is 9.99. The van der Waals surface area contributed by atoms with Gasteiger partial charge >= 0.3 is 0 Å². The minimum atomic E-state index is -0.487. The minimum Gasteiger partial charge on any atom is -0.326 e. The van der Waals surface area contributed by atoms with Crippen LogP contribution in [0.5, 0.6) is 0 Å². The molecule has 0 N–H and O–H groups in total. The molecule has 0 fully saturated rings. The normalized spacial score (nSPS) is 14.4. The summed E-state index contributed by atoms with van der Waals surface area (Å²) in [5, 5.41) is 0. The Labute approximate surface area is 105 Å². The van der Waals surface area contributed by atoms with Crippen molar-refractivity contribution in [2.24, 2.45) is 0 Å². The van der Waals surface area contributed by atoms with Crippen molar-refractivity contribution in [2.75, 3.05) is 11.4 Å². The maximum absolute atomic E-state index is 13.2. The minimum absolute atomic E-state index is 0.487. The molecule has 0 amide bonds. The van der Waals surface area contributed by atoms with Crippen LogP contribution < -0.4 is 4.90 Å². The average molecular weight is 243 g/mol. The number of aryl methyl sites for hydroxylation is 2. The van der Waals surface area contributed by atoms with Gasteiger partial charge in [0.2, 0.25) is 5.95 Å². The Morgan fingerprint density at radius 1 is 1.22 bits per heavy atom. The Morgan fingerprint density at radius 3 is 2.94 bits per heavy atom. The molecule has 0 aliphatic carbocycles. The summed E-state index contributed by atoms with van der Waals surface area (Å²) in [7, 11) is 0. The summed E-state index contributed by atoms with van der Waals surface area (Å²) in [4.78, 5) is 9.72. The van der Waals surface area contributed by atoms with Crippen molar-refractivity contribution in [3.8, 4) is 0 Å². The summed E-state index contributed by atoms with van der Waals surface area (Å²) < 4.78 is 13.2. The van der Waals surface area contributed by atoms with Crippen molar-refractivity contribution >= 4 is 11.5 Å². The second-order valence-electron chi connectivity index (χ2n) is 4.59. The molecule has 0 atom stereocenters. The molecule has 2 aromatic rings. The number of halogens is 1. The van der Waals surface area contributed by atoms with Crippen molar-refractivity contribution in [2.45, 2.75) is 19.8 Å². The van der Waals surface area contributed by atoms with E-state index in [0.717, 1.165) is 25.1 Å². The summed E-state index contributed by atoms with van der Waals surface area (Å²) in [6, 6.07) is 7.74. The number of benzene rings is 1. The quantitative estimate of drug-likeness (QED) is 0.721. The predicted octanol–water partition coefficient (Wildman–Crippen LogP) is 3.01. The lowest BCUT2D eigenvalue weighted by Gasteiger charge is -2.30. The Hall–Kier alpha value is -1.97. The van der Waals surface area contributed by atoms with Gasteiger partial charge in [0.1, 0.15) is 12.1 Å². The molecule has 18 heavy (non-hydrogen) atoms. The van der Waals surface area contributed by atoms with Gasteiger partial charge in [0.25, 0.3) is 0 Å². The number of fused-ring (bicyclic) bond motifs is 1. The first-order chi connectivity index (χ1) is 8.74. The van der Waals surface area contributed by atoms with Gasteiger partial charge in [-0.1, -0.05) is 17.7 Å². The van der Waals surface area contributed by atoms with Gasteiger partial charge in [0.05, 0.1) is 0 Å². The SMILES string of the molecule is Cc1ccc2c(c1)CCCN2c1cc(F)ncn1. The van der Waals surface area contributed by atoms with E-state index in [9.17, 15) is 4.39 Å². The highest BCUT2D eigenvalue weighted by molar-refractivity contribution is 5.65. The zero-order chi connectivity index (χ0) is 12.5. The van der Waals surface area contributed by atoms with Crippen LogP contribution in [-0.4, -0.2) is 16.5 Å². The van der Waals surface area contributed by atoms with Gasteiger partial charge in [-0.2, -0.15) is 4.39 Å². The van der Waals surface area contributed by atoms with Gasteiger partial charge in [0.15, 0.2) is 0 Å². The molecular formula is C14H14FN3. The van der Waals surface area contributed by atoms with E-state index in [0.29, 0.717) is 5.82 Å². The van der Waals surface area contributed by atoms with Crippen molar-refractivity contribution in [3.05, 3.63) is 47.7 Å². The summed E-state index contributed by atoms with van der Waals surface area (Å²) in [6.07, 6.45) is 3.40. The van der Waals surface area contributed by atoms with E-state index in [1.54, 1.807) is 0 Å². The molecule has 0 radical (unpaired) electrons. The van der Waals surface area contributed by atoms with Crippen molar-refractivity contribution < 1.29 is 4.39 Å². The molecule has 1 aromatic heterocycles. The van der Waals surface area contributed by atoms with Crippen LogP contribution in [0.3, 0.4) is 0 Å². The number of aromatic nitrogens is 2. The first kappa shape index (κ1) is 11.1. The van der Waals surface area contributed by atoms with Gasteiger partial charge in [-0.25, -0.2) is 9.97 Å². The van der Waals surface area contributed by atoms with E-state index in [1.165, 1.54) is 23.5 Å². The lowest BCUT2D eigenvalue weighted by molar-refractivity contribution is 0.578. The second kappa shape index (κ2) is 4.37. The molecule has 3 rings (SSSR count). The standard InChI is InChI=1S/C14H14FN3/c1-10-4-5-12-11(7-10)3-2-6-18(12)14-8-13(15)16-9-17-14/h4-5,7-9H,2-3,6H2,1H3. The number of hydrogen-bond donors (Lipinski definition) is 0. The number of hydrogen-bond acceptors (Lipinski definition) is 3. The molecule has 4 heteroatoms. The molecule has 3 nitrogen and oxygen atoms in total. The second-order valence-corrected chi connectivity index (χ2v) is 4.59. The molecule has 1 aromatic carbocycles. The third-order valence-electron chi connectivity index (χ3n) is 3.25. The highest BCUT2D eigenvalue weighted by Crippen LogP contribution is 2.32. The van der Waals surface area contributed by atoms with E-state index in [2.05, 4.69) is 40.0 Å². The zero-order valence-corrected chi connectivity index (χ0v) is 10.2. The Kier molecular flexibility index (Phi) is 2.70. The van der Waals surface area contributed by atoms with Crippen molar-refractivity contribution in [1.82, 2.24) is 9.97 Å². The van der Waals surface area contributed by atoms with E-state index < -0.39 is 5.95 Å². The fraction of sp³-hybridized carbons (Fsp3) is 0.286. The predicted molar refractivity (Wildman–Crippen MR) is 68.5 cm³/mol. The zero-order valence-electron chi connectivity index (χ0n) is 10.2. The first-order valence-corrected chi connectivity index (χ1v) is 6.08. The summed E-state index contributed by atoms with van der Waals surface area (Å²) in [5.41, 5.74) is 3.69. The smallest absolute Gasteiger partial charge is 0.218 e. The Balaban J connectivity index is 2.06. The van der Waals surface area contributed by atoms with Gasteiger partial charge < -0.3 is 4.90 Å². The van der Waals surface area contributed by atoms with Crippen LogP contribution in [0.1, 0.15) is 17.5 Å². The third-order valence-corrected chi connectivity index (χ3v) is 3.25. The largest absolute Gasteiger partial charge is 0.326 e. The molecule has 92 valence electrons. The summed E-state index contributed by atoms with van der Waals surface area (Å²) >= 11 is 0. The molecule has 0 bridgehead atoms. The maximum Gasteiger partial charge on any atom is 0.218 e. The molecule has 1 aliphatic heterocycles. The summed E-state index contributed by atoms with van der Waals surface area (Å²) in [6.45, 7) is 2.95. The van der Waals surface area contributed by atoms with Gasteiger partial charge in [-0.15, -0.1) is 0 Å². The highest BCUT2D eigenvalue weighted by Gasteiger charge is 2.19. The van der Waals surface area contributed by atoms with E-state index in [-0.39, 0.29) is 0 Å². The molecule has 0 saturated carbocycles. The number of anilines is 2. The van der Waals surface area contributed by atoms with Crippen LogP contribution in [0.2, 0.25) is 0 Å². The monoisotopic (exact) mass is 243 g/mol. The molecule has 0 unspecified atom stereocenters. The molecule has 1 aliphatic rings. The fourth-order valence-electron chi connectivity index (χ4n) is 2.44. The van der Waals surface area contributed by atoms with E-state index >= 15 is 0 Å². The topological polar surface area (TPSA) is 29.0 Å². The van der Waals surface area contributed by atoms with Crippen LogP contribution in [0.15, 0.2) is 30.6 Å². The molecule has 0 saturated heterocycles. The van der Waals surface area contributed by atoms with Gasteiger partial charge in [0, 0.05) is 18.3 Å². The van der Waals surface area contributed by atoms with Crippen LogP contribution in [0.25, 0.3) is 0 Å². The molecule has 2 heterocycles. The Morgan fingerprint density at radius 2 is 2.11 bits per heavy atom. The third kappa shape index (κ3) is 1.94. The van der Waals surface area contributed by atoms with Crippen molar-refractivity contribution in [1.29, 1.82) is 0 Å². The average Bonchev–Trinajstić information content (AvgIpc) is 2.37. The summed E-state index contributed by atoms with van der Waals surface area (Å²) in [5.74, 6) is 0.145. The number of rotatable bonds is 1. The van der Waals surface area contributed by atoms with Crippen LogP contribution in [0.4, 0.5) is 15.9 Å². The molecular weight excluding hydrogens is 229 g/mol.